The summed E-state index contributed by atoms with van der Waals surface area (Å²) in [6, 6.07) is 13.2. The number of anilines is 1. The third-order valence-electron chi connectivity index (χ3n) is 4.26. The second kappa shape index (κ2) is 10.8. The molecule has 3 amide bonds. The molecule has 0 radical (unpaired) electrons. The topological polar surface area (TPSA) is 96.5 Å². The first-order valence-electron chi connectivity index (χ1n) is 9.54. The number of carbonyl (C=O) groups excluding carboxylic acids is 3. The zero-order chi connectivity index (χ0) is 21.2. The summed E-state index contributed by atoms with van der Waals surface area (Å²) in [7, 11) is 0. The van der Waals surface area contributed by atoms with Crippen LogP contribution < -0.4 is 20.9 Å². The molecule has 0 aliphatic carbocycles. The molecule has 2 aromatic carbocycles. The number of hydrazine groups is 1. The summed E-state index contributed by atoms with van der Waals surface area (Å²) in [6.45, 7) is 5.65. The summed E-state index contributed by atoms with van der Waals surface area (Å²) in [5, 5.41) is 2.79. The van der Waals surface area contributed by atoms with Crippen LogP contribution in [-0.2, 0) is 20.8 Å². The highest BCUT2D eigenvalue weighted by atomic mass is 16.5. The summed E-state index contributed by atoms with van der Waals surface area (Å²) in [6.07, 6.45) is 0.836. The number of hydrogen-bond donors (Lipinski definition) is 3. The maximum absolute atomic E-state index is 12.0. The van der Waals surface area contributed by atoms with Gasteiger partial charge in [0, 0.05) is 18.5 Å². The van der Waals surface area contributed by atoms with Gasteiger partial charge in [0.1, 0.15) is 5.75 Å². The van der Waals surface area contributed by atoms with E-state index < -0.39 is 11.8 Å². The molecule has 3 N–H and O–H groups in total. The Labute approximate surface area is 170 Å². The van der Waals surface area contributed by atoms with Gasteiger partial charge in [-0.05, 0) is 55.2 Å². The van der Waals surface area contributed by atoms with E-state index in [0.29, 0.717) is 5.75 Å². The molecule has 2 aromatic rings. The average Bonchev–Trinajstić information content (AvgIpc) is 2.72. The lowest BCUT2D eigenvalue weighted by atomic mass is 10.1. The predicted octanol–water partition coefficient (Wildman–Crippen LogP) is 2.81. The third kappa shape index (κ3) is 7.65. The fourth-order valence-corrected chi connectivity index (χ4v) is 2.55. The third-order valence-corrected chi connectivity index (χ3v) is 4.26. The molecular weight excluding hydrogens is 370 g/mol. The van der Waals surface area contributed by atoms with Gasteiger partial charge in [0.05, 0.1) is 0 Å². The number of benzene rings is 2. The molecule has 0 aliphatic heterocycles. The first-order chi connectivity index (χ1) is 13.9. The number of ether oxygens (including phenoxy) is 1. The first kappa shape index (κ1) is 21.9. The molecule has 7 nitrogen and oxygen atoms in total. The molecule has 0 aromatic heterocycles. The van der Waals surface area contributed by atoms with Gasteiger partial charge in [-0.1, -0.05) is 31.2 Å². The Kier molecular flexibility index (Phi) is 8.21. The molecule has 154 valence electrons. The fraction of sp³-hybridized carbons (Fsp3) is 0.318. The Morgan fingerprint density at radius 1 is 0.897 bits per heavy atom. The lowest BCUT2D eigenvalue weighted by Gasteiger charge is -2.10. The van der Waals surface area contributed by atoms with Gasteiger partial charge in [0.2, 0.25) is 11.8 Å². The number of aryl methyl sites for hydroxylation is 3. The lowest BCUT2D eigenvalue weighted by molar-refractivity contribution is -0.130. The second-order valence-electron chi connectivity index (χ2n) is 6.75. The largest absolute Gasteiger partial charge is 0.484 e. The lowest BCUT2D eigenvalue weighted by Crippen LogP contribution is -2.44. The van der Waals surface area contributed by atoms with E-state index in [0.717, 1.165) is 28.8 Å². The van der Waals surface area contributed by atoms with Crippen LogP contribution in [0.4, 0.5) is 5.69 Å². The molecule has 0 atom stereocenters. The molecule has 7 heteroatoms. The summed E-state index contributed by atoms with van der Waals surface area (Å²) < 4.78 is 5.40. The van der Waals surface area contributed by atoms with Gasteiger partial charge in [0.25, 0.3) is 5.91 Å². The molecule has 0 saturated heterocycles. The standard InChI is InChI=1S/C22H27N3O4/c1-4-17-6-5-7-18(13-17)29-14-22(28)25-24-21(27)11-10-20(26)23-19-12-15(2)8-9-16(19)3/h5-9,12-13H,4,10-11,14H2,1-3H3,(H,23,26)(H,24,27)(H,25,28). The Morgan fingerprint density at radius 3 is 2.38 bits per heavy atom. The van der Waals surface area contributed by atoms with Crippen LogP contribution in [0.25, 0.3) is 0 Å². The predicted molar refractivity (Wildman–Crippen MR) is 111 cm³/mol. The van der Waals surface area contributed by atoms with E-state index in [1.165, 1.54) is 0 Å². The van der Waals surface area contributed by atoms with Crippen LogP contribution in [0.15, 0.2) is 42.5 Å². The quantitative estimate of drug-likeness (QED) is 0.597. The van der Waals surface area contributed by atoms with Gasteiger partial charge in [0.15, 0.2) is 6.61 Å². The Morgan fingerprint density at radius 2 is 1.62 bits per heavy atom. The molecule has 2 rings (SSSR count). The van der Waals surface area contributed by atoms with Crippen LogP contribution in [0, 0.1) is 13.8 Å². The van der Waals surface area contributed by atoms with Crippen molar-refractivity contribution in [1.82, 2.24) is 10.9 Å². The average molecular weight is 397 g/mol. The Balaban J connectivity index is 1.67. The zero-order valence-electron chi connectivity index (χ0n) is 17.0. The molecule has 0 fully saturated rings. The van der Waals surface area contributed by atoms with E-state index in [2.05, 4.69) is 16.2 Å². The number of amides is 3. The monoisotopic (exact) mass is 397 g/mol. The number of carbonyl (C=O) groups is 3. The minimum atomic E-state index is -0.486. The Bertz CT molecular complexity index is 880. The molecule has 0 heterocycles. The van der Waals surface area contributed by atoms with Gasteiger partial charge in [-0.3, -0.25) is 25.2 Å². The molecule has 0 saturated carbocycles. The van der Waals surface area contributed by atoms with E-state index in [1.54, 1.807) is 6.07 Å². The van der Waals surface area contributed by atoms with E-state index in [9.17, 15) is 14.4 Å². The molecule has 0 aliphatic rings. The maximum Gasteiger partial charge on any atom is 0.276 e. The normalized spacial score (nSPS) is 10.2. The number of rotatable bonds is 8. The molecule has 0 bridgehead atoms. The van der Waals surface area contributed by atoms with E-state index in [-0.39, 0.29) is 25.4 Å². The van der Waals surface area contributed by atoms with Gasteiger partial charge in [-0.15, -0.1) is 0 Å². The second-order valence-corrected chi connectivity index (χ2v) is 6.75. The van der Waals surface area contributed by atoms with Crippen LogP contribution >= 0.6 is 0 Å². The summed E-state index contributed by atoms with van der Waals surface area (Å²) in [5.74, 6) is -0.615. The SMILES string of the molecule is CCc1cccc(OCC(=O)NNC(=O)CCC(=O)Nc2cc(C)ccc2C)c1. The Hall–Kier alpha value is -3.35. The van der Waals surface area contributed by atoms with E-state index >= 15 is 0 Å². The van der Waals surface area contributed by atoms with Crippen molar-refractivity contribution in [2.45, 2.75) is 40.0 Å². The smallest absolute Gasteiger partial charge is 0.276 e. The zero-order valence-corrected chi connectivity index (χ0v) is 17.0. The maximum atomic E-state index is 12.0. The minimum absolute atomic E-state index is 0.00932. The molecule has 0 unspecified atom stereocenters. The van der Waals surface area contributed by atoms with Crippen LogP contribution in [0.5, 0.6) is 5.75 Å². The van der Waals surface area contributed by atoms with Crippen LogP contribution in [0.1, 0.15) is 36.5 Å². The first-order valence-corrected chi connectivity index (χ1v) is 9.54. The van der Waals surface area contributed by atoms with Crippen LogP contribution in [0.2, 0.25) is 0 Å². The van der Waals surface area contributed by atoms with Crippen molar-refractivity contribution in [1.29, 1.82) is 0 Å². The molecular formula is C22H27N3O4. The highest BCUT2D eigenvalue weighted by Crippen LogP contribution is 2.16. The van der Waals surface area contributed by atoms with Gasteiger partial charge in [-0.2, -0.15) is 0 Å². The van der Waals surface area contributed by atoms with E-state index in [1.807, 2.05) is 57.2 Å². The van der Waals surface area contributed by atoms with E-state index in [4.69, 9.17) is 4.74 Å². The van der Waals surface area contributed by atoms with Crippen molar-refractivity contribution in [3.63, 3.8) is 0 Å². The van der Waals surface area contributed by atoms with Gasteiger partial charge in [-0.25, -0.2) is 0 Å². The summed E-state index contributed by atoms with van der Waals surface area (Å²) >= 11 is 0. The fourth-order valence-electron chi connectivity index (χ4n) is 2.55. The summed E-state index contributed by atoms with van der Waals surface area (Å²) in [5.41, 5.74) is 8.38. The molecule has 29 heavy (non-hydrogen) atoms. The van der Waals surface area contributed by atoms with Crippen molar-refractivity contribution >= 4 is 23.4 Å². The minimum Gasteiger partial charge on any atom is -0.484 e. The van der Waals surface area contributed by atoms with Crippen molar-refractivity contribution < 1.29 is 19.1 Å². The van der Waals surface area contributed by atoms with Gasteiger partial charge >= 0.3 is 0 Å². The van der Waals surface area contributed by atoms with Crippen molar-refractivity contribution in [2.24, 2.45) is 0 Å². The van der Waals surface area contributed by atoms with Crippen molar-refractivity contribution in [3.05, 3.63) is 59.2 Å². The van der Waals surface area contributed by atoms with Crippen LogP contribution in [0.3, 0.4) is 0 Å². The highest BCUT2D eigenvalue weighted by Gasteiger charge is 2.10. The number of hydrogen-bond acceptors (Lipinski definition) is 4. The molecule has 0 spiro atoms. The van der Waals surface area contributed by atoms with Crippen molar-refractivity contribution in [3.8, 4) is 5.75 Å². The number of nitrogens with one attached hydrogen (secondary N) is 3. The van der Waals surface area contributed by atoms with Crippen molar-refractivity contribution in [2.75, 3.05) is 11.9 Å². The highest BCUT2D eigenvalue weighted by molar-refractivity contribution is 5.94. The summed E-state index contributed by atoms with van der Waals surface area (Å²) in [4.78, 5) is 35.7. The van der Waals surface area contributed by atoms with Gasteiger partial charge < -0.3 is 10.1 Å². The van der Waals surface area contributed by atoms with Crippen LogP contribution in [-0.4, -0.2) is 24.3 Å².